The van der Waals surface area contributed by atoms with Gasteiger partial charge in [-0.1, -0.05) is 60.7 Å². The highest BCUT2D eigenvalue weighted by Gasteiger charge is 2.45. The number of hydrogen-bond donors (Lipinski definition) is 1. The summed E-state index contributed by atoms with van der Waals surface area (Å²) >= 11 is 0. The van der Waals surface area contributed by atoms with Gasteiger partial charge in [0.1, 0.15) is 5.41 Å². The quantitative estimate of drug-likeness (QED) is 0.764. The third-order valence-electron chi connectivity index (χ3n) is 7.18. The zero-order valence-corrected chi connectivity index (χ0v) is 16.9. The topological polar surface area (TPSA) is 43.1 Å². The second-order valence-corrected chi connectivity index (χ2v) is 8.45. The lowest BCUT2D eigenvalue weighted by atomic mass is 9.71. The summed E-state index contributed by atoms with van der Waals surface area (Å²) in [5.74, 6) is -0.260. The molecule has 3 heteroatoms. The fraction of sp³-hybridized carbons (Fsp3) is 0.458. The normalized spacial score (nSPS) is 22.3. The van der Waals surface area contributed by atoms with Crippen LogP contribution in [0.15, 0.2) is 60.7 Å². The third kappa shape index (κ3) is 3.53. The Morgan fingerprint density at radius 1 is 0.963 bits per heavy atom. The minimum Gasteiger partial charge on any atom is -0.369 e. The van der Waals surface area contributed by atoms with Crippen molar-refractivity contribution in [2.75, 3.05) is 13.6 Å². The number of piperidine rings is 1. The van der Waals surface area contributed by atoms with Crippen LogP contribution >= 0.6 is 0 Å². The Hall–Kier alpha value is -2.13. The number of hydrogen-bond acceptors (Lipinski definition) is 1. The highest BCUT2D eigenvalue weighted by Crippen LogP contribution is 2.38. The number of primary amides is 1. The maximum atomic E-state index is 13.0. The van der Waals surface area contributed by atoms with Crippen LogP contribution < -0.4 is 5.73 Å². The summed E-state index contributed by atoms with van der Waals surface area (Å²) < 4.78 is 1.01. The number of nitrogens with two attached hydrogens (primary N) is 1. The number of rotatable bonds is 6. The molecule has 0 bridgehead atoms. The van der Waals surface area contributed by atoms with E-state index in [2.05, 4.69) is 20.9 Å². The molecule has 0 aliphatic carbocycles. The Morgan fingerprint density at radius 3 is 1.81 bits per heavy atom. The smallest absolute Gasteiger partial charge is 0.232 e. The van der Waals surface area contributed by atoms with Crippen molar-refractivity contribution in [1.82, 2.24) is 0 Å². The summed E-state index contributed by atoms with van der Waals surface area (Å²) in [6, 6.07) is 21.3. The molecular weight excluding hydrogens is 332 g/mol. The van der Waals surface area contributed by atoms with Crippen molar-refractivity contribution >= 4 is 5.91 Å². The van der Waals surface area contributed by atoms with Crippen molar-refractivity contribution in [3.05, 3.63) is 71.8 Å². The molecule has 1 heterocycles. The zero-order chi connectivity index (χ0) is 19.5. The number of carbonyl (C=O) groups is 1. The Bertz CT molecular complexity index is 707. The standard InChI is InChI=1S/C24H32N2O/c1-19-11-10-12-20(2)26(19,3)18-17-24(23(25)27,21-13-6-4-7-14-21)22-15-8-5-9-16-22/h4-9,13-16,19-20H,10-12,17-18H2,1-3H3,(H-,25,27)/p+1/t19-,20-/m0/s1. The van der Waals surface area contributed by atoms with Crippen molar-refractivity contribution in [1.29, 1.82) is 0 Å². The van der Waals surface area contributed by atoms with E-state index in [1.54, 1.807) is 0 Å². The second-order valence-electron chi connectivity index (χ2n) is 8.45. The van der Waals surface area contributed by atoms with Gasteiger partial charge in [-0.3, -0.25) is 4.79 Å². The average molecular weight is 366 g/mol. The Labute approximate surface area is 163 Å². The van der Waals surface area contributed by atoms with Crippen LogP contribution in [0.25, 0.3) is 0 Å². The van der Waals surface area contributed by atoms with Crippen LogP contribution in [0.2, 0.25) is 0 Å². The first kappa shape index (κ1) is 19.6. The molecule has 0 unspecified atom stereocenters. The molecular formula is C24H33N2O+. The molecule has 0 radical (unpaired) electrons. The van der Waals surface area contributed by atoms with Crippen LogP contribution in [0.5, 0.6) is 0 Å². The summed E-state index contributed by atoms with van der Waals surface area (Å²) in [5.41, 5.74) is 7.31. The summed E-state index contributed by atoms with van der Waals surface area (Å²) in [5, 5.41) is 0. The summed E-state index contributed by atoms with van der Waals surface area (Å²) in [7, 11) is 2.36. The molecule has 2 aromatic carbocycles. The van der Waals surface area contributed by atoms with E-state index in [0.717, 1.165) is 28.6 Å². The summed E-state index contributed by atoms with van der Waals surface area (Å²) in [4.78, 5) is 13.0. The first-order valence-corrected chi connectivity index (χ1v) is 10.2. The molecule has 1 aliphatic rings. The molecule has 27 heavy (non-hydrogen) atoms. The van der Waals surface area contributed by atoms with Crippen LogP contribution in [-0.2, 0) is 10.2 Å². The van der Waals surface area contributed by atoms with E-state index in [0.29, 0.717) is 12.1 Å². The predicted octanol–water partition coefficient (Wildman–Crippen LogP) is 4.26. The second kappa shape index (κ2) is 7.85. The van der Waals surface area contributed by atoms with Gasteiger partial charge in [0.25, 0.3) is 0 Å². The van der Waals surface area contributed by atoms with Gasteiger partial charge in [-0.25, -0.2) is 0 Å². The monoisotopic (exact) mass is 365 g/mol. The molecule has 1 saturated heterocycles. The van der Waals surface area contributed by atoms with Gasteiger partial charge >= 0.3 is 0 Å². The van der Waals surface area contributed by atoms with Gasteiger partial charge in [0, 0.05) is 6.42 Å². The Morgan fingerprint density at radius 2 is 1.41 bits per heavy atom. The molecule has 2 aromatic rings. The molecule has 0 saturated carbocycles. The van der Waals surface area contributed by atoms with E-state index in [1.165, 1.54) is 19.3 Å². The number of carbonyl (C=O) groups excluding carboxylic acids is 1. The van der Waals surface area contributed by atoms with E-state index < -0.39 is 5.41 Å². The molecule has 1 aliphatic heterocycles. The van der Waals surface area contributed by atoms with E-state index in [4.69, 9.17) is 5.73 Å². The van der Waals surface area contributed by atoms with Crippen molar-refractivity contribution in [2.24, 2.45) is 5.73 Å². The lowest BCUT2D eigenvalue weighted by molar-refractivity contribution is -0.958. The number of nitrogens with zero attached hydrogens (tertiary/aromatic N) is 1. The van der Waals surface area contributed by atoms with Gasteiger partial charge in [-0.05, 0) is 44.2 Å². The van der Waals surface area contributed by atoms with Crippen molar-refractivity contribution < 1.29 is 9.28 Å². The molecule has 2 atom stereocenters. The molecule has 3 nitrogen and oxygen atoms in total. The van der Waals surface area contributed by atoms with Crippen molar-refractivity contribution in [3.8, 4) is 0 Å². The first-order chi connectivity index (χ1) is 12.9. The highest BCUT2D eigenvalue weighted by atomic mass is 16.1. The van der Waals surface area contributed by atoms with E-state index in [1.807, 2.05) is 60.7 Å². The minimum absolute atomic E-state index is 0.260. The van der Waals surface area contributed by atoms with Crippen LogP contribution in [0.3, 0.4) is 0 Å². The van der Waals surface area contributed by atoms with Crippen LogP contribution in [0.1, 0.15) is 50.7 Å². The van der Waals surface area contributed by atoms with Gasteiger partial charge in [0.05, 0.1) is 25.7 Å². The lowest BCUT2D eigenvalue weighted by Crippen LogP contribution is -2.60. The molecule has 0 aromatic heterocycles. The number of amides is 1. The van der Waals surface area contributed by atoms with Gasteiger partial charge in [0.15, 0.2) is 0 Å². The van der Waals surface area contributed by atoms with Gasteiger partial charge in [0.2, 0.25) is 5.91 Å². The van der Waals surface area contributed by atoms with E-state index in [9.17, 15) is 4.79 Å². The third-order valence-corrected chi connectivity index (χ3v) is 7.18. The largest absolute Gasteiger partial charge is 0.369 e. The Kier molecular flexibility index (Phi) is 5.71. The van der Waals surface area contributed by atoms with E-state index >= 15 is 0 Å². The van der Waals surface area contributed by atoms with Crippen molar-refractivity contribution in [2.45, 2.75) is 57.0 Å². The minimum atomic E-state index is -0.791. The fourth-order valence-corrected chi connectivity index (χ4v) is 4.89. The summed E-state index contributed by atoms with van der Waals surface area (Å²) in [6.07, 6.45) is 4.53. The SMILES string of the molecule is C[C@H]1CCC[C@H](C)[N+]1(C)CCC(C(N)=O)(c1ccccc1)c1ccccc1. The fourth-order valence-electron chi connectivity index (χ4n) is 4.89. The first-order valence-electron chi connectivity index (χ1n) is 10.2. The molecule has 0 spiro atoms. The number of likely N-dealkylation sites (tertiary alicyclic amines) is 1. The maximum Gasteiger partial charge on any atom is 0.232 e. The maximum absolute atomic E-state index is 13.0. The summed E-state index contributed by atoms with van der Waals surface area (Å²) in [6.45, 7) is 5.65. The molecule has 2 N–H and O–H groups in total. The van der Waals surface area contributed by atoms with Gasteiger partial charge < -0.3 is 10.2 Å². The molecule has 3 rings (SSSR count). The highest BCUT2D eigenvalue weighted by molar-refractivity contribution is 5.90. The molecule has 1 fully saturated rings. The van der Waals surface area contributed by atoms with Crippen LogP contribution in [-0.4, -0.2) is 36.1 Å². The van der Waals surface area contributed by atoms with Crippen LogP contribution in [0, 0.1) is 0 Å². The van der Waals surface area contributed by atoms with Gasteiger partial charge in [-0.2, -0.15) is 0 Å². The van der Waals surface area contributed by atoms with Crippen LogP contribution in [0.4, 0.5) is 0 Å². The molecule has 144 valence electrons. The lowest BCUT2D eigenvalue weighted by Gasteiger charge is -2.49. The van der Waals surface area contributed by atoms with E-state index in [-0.39, 0.29) is 5.91 Å². The zero-order valence-electron chi connectivity index (χ0n) is 16.9. The molecule has 1 amide bonds. The Balaban J connectivity index is 2.04. The predicted molar refractivity (Wildman–Crippen MR) is 111 cm³/mol. The van der Waals surface area contributed by atoms with Crippen molar-refractivity contribution in [3.63, 3.8) is 0 Å². The number of quaternary nitrogens is 1. The average Bonchev–Trinajstić information content (AvgIpc) is 2.68. The van der Waals surface area contributed by atoms with Gasteiger partial charge in [-0.15, -0.1) is 0 Å². The number of benzene rings is 2.